The summed E-state index contributed by atoms with van der Waals surface area (Å²) >= 11 is 0. The van der Waals surface area contributed by atoms with Crippen LogP contribution in [0.1, 0.15) is 17.4 Å². The number of carbonyl (C=O) groups excluding carboxylic acids is 1. The molecule has 1 heterocycles. The van der Waals surface area contributed by atoms with E-state index in [-0.39, 0.29) is 11.3 Å². The third-order valence-electron chi connectivity index (χ3n) is 2.79. The molecule has 5 nitrogen and oxygen atoms in total. The van der Waals surface area contributed by atoms with Gasteiger partial charge in [-0.05, 0) is 6.92 Å². The quantitative estimate of drug-likeness (QED) is 0.817. The zero-order valence-electron chi connectivity index (χ0n) is 10.5. The zero-order valence-corrected chi connectivity index (χ0v) is 10.5. The van der Waals surface area contributed by atoms with Crippen molar-refractivity contribution < 1.29 is 14.4 Å². The third kappa shape index (κ3) is 2.71. The first-order chi connectivity index (χ1) is 8.99. The Morgan fingerprint density at radius 3 is 2.63 bits per heavy atom. The number of carbonyl (C=O) groups is 1. The molecule has 0 radical (unpaired) electrons. The number of hydrogen-bond donors (Lipinski definition) is 2. The molecule has 0 saturated heterocycles. The molecule has 1 atom stereocenters. The van der Waals surface area contributed by atoms with Crippen molar-refractivity contribution in [1.82, 2.24) is 5.16 Å². The largest absolute Gasteiger partial charge is 0.382 e. The molecule has 0 bridgehead atoms. The highest BCUT2D eigenvalue weighted by Gasteiger charge is 2.20. The van der Waals surface area contributed by atoms with Crippen LogP contribution in [0.2, 0.25) is 0 Å². The molecule has 0 fully saturated rings. The van der Waals surface area contributed by atoms with Gasteiger partial charge in [0, 0.05) is 17.2 Å². The number of rotatable bonds is 4. The van der Waals surface area contributed by atoms with Crippen molar-refractivity contribution in [3.63, 3.8) is 0 Å². The molecule has 5 heteroatoms. The Morgan fingerprint density at radius 1 is 1.42 bits per heavy atom. The summed E-state index contributed by atoms with van der Waals surface area (Å²) in [4.78, 5) is 10.9. The lowest BCUT2D eigenvalue weighted by molar-refractivity contribution is -0.115. The summed E-state index contributed by atoms with van der Waals surface area (Å²) in [6, 6.07) is 9.21. The van der Waals surface area contributed by atoms with E-state index >= 15 is 0 Å². The first-order valence-corrected chi connectivity index (χ1v) is 5.69. The number of aliphatic hydroxyl groups excluding tert-OH is 1. The average molecular weight is 258 g/mol. The number of aryl methyl sites for hydroxylation is 1. The van der Waals surface area contributed by atoms with E-state index in [0.29, 0.717) is 5.76 Å². The Balaban J connectivity index is 2.26. The van der Waals surface area contributed by atoms with E-state index in [1.165, 1.54) is 0 Å². The van der Waals surface area contributed by atoms with Crippen molar-refractivity contribution in [3.05, 3.63) is 53.7 Å². The van der Waals surface area contributed by atoms with Gasteiger partial charge in [-0.15, -0.1) is 0 Å². The maximum atomic E-state index is 10.9. The molecule has 1 aromatic heterocycles. The lowest BCUT2D eigenvalue weighted by atomic mass is 10.1. The molecule has 1 aromatic carbocycles. The van der Waals surface area contributed by atoms with Gasteiger partial charge in [0.05, 0.1) is 0 Å². The van der Waals surface area contributed by atoms with Crippen LogP contribution < -0.4 is 5.73 Å². The fraction of sp³-hybridized carbons (Fsp3) is 0.143. The van der Waals surface area contributed by atoms with Gasteiger partial charge in [0.1, 0.15) is 11.8 Å². The van der Waals surface area contributed by atoms with Gasteiger partial charge in [-0.25, -0.2) is 0 Å². The molecular weight excluding hydrogens is 244 g/mol. The van der Waals surface area contributed by atoms with Crippen LogP contribution in [0.25, 0.3) is 11.3 Å². The monoisotopic (exact) mass is 258 g/mol. The first kappa shape index (κ1) is 13.0. The predicted molar refractivity (Wildman–Crippen MR) is 70.0 cm³/mol. The Morgan fingerprint density at radius 2 is 2.05 bits per heavy atom. The van der Waals surface area contributed by atoms with Crippen LogP contribution in [0.3, 0.4) is 0 Å². The lowest BCUT2D eigenvalue weighted by Crippen LogP contribution is -2.18. The topological polar surface area (TPSA) is 89.4 Å². The summed E-state index contributed by atoms with van der Waals surface area (Å²) in [7, 11) is 0. The molecule has 0 aliphatic heterocycles. The molecule has 2 rings (SSSR count). The van der Waals surface area contributed by atoms with Crippen LogP contribution in [0.15, 0.2) is 47.0 Å². The van der Waals surface area contributed by atoms with E-state index in [1.54, 1.807) is 6.07 Å². The van der Waals surface area contributed by atoms with E-state index < -0.39 is 12.0 Å². The van der Waals surface area contributed by atoms with Crippen LogP contribution in [-0.2, 0) is 4.79 Å². The lowest BCUT2D eigenvalue weighted by Gasteiger charge is -2.05. The fourth-order valence-electron chi connectivity index (χ4n) is 1.58. The highest BCUT2D eigenvalue weighted by atomic mass is 16.5. The second kappa shape index (κ2) is 5.07. The summed E-state index contributed by atoms with van der Waals surface area (Å²) in [5.74, 6) is -0.265. The standard InChI is InChI=1S/C14H14N2O3/c1-8-3-5-10(6-4-8)12-7-11(16-19-12)13(17)9(2)14(15)18/h3-7,13,17H,2H2,1H3,(H2,15,18). The number of primary amides is 1. The number of nitrogens with zero attached hydrogens (tertiary/aromatic N) is 1. The molecule has 19 heavy (non-hydrogen) atoms. The molecule has 0 saturated carbocycles. The molecular formula is C14H14N2O3. The number of nitrogens with two attached hydrogens (primary N) is 1. The van der Waals surface area contributed by atoms with Crippen molar-refractivity contribution in [3.8, 4) is 11.3 Å². The second-order valence-electron chi connectivity index (χ2n) is 4.27. The third-order valence-corrected chi connectivity index (χ3v) is 2.79. The van der Waals surface area contributed by atoms with E-state index in [4.69, 9.17) is 10.3 Å². The summed E-state index contributed by atoms with van der Waals surface area (Å²) in [5, 5.41) is 13.6. The van der Waals surface area contributed by atoms with Gasteiger partial charge in [0.2, 0.25) is 5.91 Å². The van der Waals surface area contributed by atoms with Gasteiger partial charge in [0.15, 0.2) is 5.76 Å². The van der Waals surface area contributed by atoms with Gasteiger partial charge < -0.3 is 15.4 Å². The maximum absolute atomic E-state index is 10.9. The summed E-state index contributed by atoms with van der Waals surface area (Å²) in [6.07, 6.45) is -1.25. The minimum atomic E-state index is -1.25. The van der Waals surface area contributed by atoms with E-state index in [2.05, 4.69) is 11.7 Å². The summed E-state index contributed by atoms with van der Waals surface area (Å²) in [6.45, 7) is 5.40. The molecule has 0 spiro atoms. The Hall–Kier alpha value is -2.40. The number of aliphatic hydroxyl groups is 1. The highest BCUT2D eigenvalue weighted by molar-refractivity contribution is 5.92. The van der Waals surface area contributed by atoms with Gasteiger partial charge in [-0.2, -0.15) is 0 Å². The second-order valence-corrected chi connectivity index (χ2v) is 4.27. The molecule has 0 aliphatic rings. The Kier molecular flexibility index (Phi) is 3.48. The number of aromatic nitrogens is 1. The molecule has 0 aliphatic carbocycles. The van der Waals surface area contributed by atoms with E-state index in [9.17, 15) is 9.90 Å². The van der Waals surface area contributed by atoms with Crippen molar-refractivity contribution in [2.75, 3.05) is 0 Å². The zero-order chi connectivity index (χ0) is 14.0. The van der Waals surface area contributed by atoms with Gasteiger partial charge in [0.25, 0.3) is 0 Å². The van der Waals surface area contributed by atoms with Gasteiger partial charge >= 0.3 is 0 Å². The van der Waals surface area contributed by atoms with Gasteiger partial charge in [-0.3, -0.25) is 4.79 Å². The van der Waals surface area contributed by atoms with E-state index in [0.717, 1.165) is 11.1 Å². The van der Waals surface area contributed by atoms with Crippen LogP contribution in [0, 0.1) is 6.92 Å². The fourth-order valence-corrected chi connectivity index (χ4v) is 1.58. The number of benzene rings is 1. The minimum absolute atomic E-state index is 0.122. The van der Waals surface area contributed by atoms with Crippen LogP contribution >= 0.6 is 0 Å². The molecule has 3 N–H and O–H groups in total. The smallest absolute Gasteiger partial charge is 0.247 e. The van der Waals surface area contributed by atoms with Crippen molar-refractivity contribution >= 4 is 5.91 Å². The number of amides is 1. The maximum Gasteiger partial charge on any atom is 0.247 e. The minimum Gasteiger partial charge on any atom is -0.382 e. The Labute approximate surface area is 110 Å². The normalized spacial score (nSPS) is 12.1. The highest BCUT2D eigenvalue weighted by Crippen LogP contribution is 2.25. The molecule has 1 amide bonds. The predicted octanol–water partition coefficient (Wildman–Crippen LogP) is 1.72. The van der Waals surface area contributed by atoms with Crippen LogP contribution in [-0.4, -0.2) is 16.2 Å². The average Bonchev–Trinajstić information content (AvgIpc) is 2.87. The van der Waals surface area contributed by atoms with E-state index in [1.807, 2.05) is 31.2 Å². The van der Waals surface area contributed by atoms with Crippen molar-refractivity contribution in [2.45, 2.75) is 13.0 Å². The number of hydrogen-bond acceptors (Lipinski definition) is 4. The summed E-state index contributed by atoms with van der Waals surface area (Å²) in [5.41, 5.74) is 7.10. The summed E-state index contributed by atoms with van der Waals surface area (Å²) < 4.78 is 5.14. The van der Waals surface area contributed by atoms with Crippen LogP contribution in [0.4, 0.5) is 0 Å². The SMILES string of the molecule is C=C(C(N)=O)C(O)c1cc(-c2ccc(C)cc2)on1. The first-order valence-electron chi connectivity index (χ1n) is 5.69. The van der Waals surface area contributed by atoms with Gasteiger partial charge in [-0.1, -0.05) is 41.6 Å². The molecule has 2 aromatic rings. The van der Waals surface area contributed by atoms with Crippen molar-refractivity contribution in [2.24, 2.45) is 5.73 Å². The van der Waals surface area contributed by atoms with Crippen LogP contribution in [0.5, 0.6) is 0 Å². The molecule has 1 unspecified atom stereocenters. The van der Waals surface area contributed by atoms with Crippen molar-refractivity contribution in [1.29, 1.82) is 0 Å². The Bertz CT molecular complexity index is 614. The molecule has 98 valence electrons.